The fourth-order valence-electron chi connectivity index (χ4n) is 4.95. The van der Waals surface area contributed by atoms with Crippen LogP contribution in [0.15, 0.2) is 72.9 Å². The summed E-state index contributed by atoms with van der Waals surface area (Å²) in [5.74, 6) is -1.06. The molecule has 6 nitrogen and oxygen atoms in total. The molecule has 0 aromatic rings. The van der Waals surface area contributed by atoms with E-state index in [0.29, 0.717) is 6.42 Å². The van der Waals surface area contributed by atoms with Gasteiger partial charge in [0.15, 0.2) is 0 Å². The van der Waals surface area contributed by atoms with Crippen molar-refractivity contribution in [2.75, 3.05) is 5.75 Å². The summed E-state index contributed by atoms with van der Waals surface area (Å²) in [5.41, 5.74) is 0. The zero-order chi connectivity index (χ0) is 34.0. The van der Waals surface area contributed by atoms with Crippen LogP contribution in [0.1, 0.15) is 149 Å². The van der Waals surface area contributed by atoms with Crippen LogP contribution in [0.5, 0.6) is 0 Å². The average molecular weight is 662 g/mol. The summed E-state index contributed by atoms with van der Waals surface area (Å²) in [4.78, 5) is 12.4. The quantitative estimate of drug-likeness (QED) is 0.0390. The second kappa shape index (κ2) is 32.7. The maximum absolute atomic E-state index is 12.4. The van der Waals surface area contributed by atoms with E-state index in [1.54, 1.807) is 0 Å². The van der Waals surface area contributed by atoms with E-state index in [1.165, 1.54) is 70.3 Å². The van der Waals surface area contributed by atoms with Gasteiger partial charge < -0.3 is 10.4 Å². The molecule has 0 aliphatic heterocycles. The van der Waals surface area contributed by atoms with Gasteiger partial charge in [-0.1, -0.05) is 157 Å². The molecule has 0 saturated heterocycles. The van der Waals surface area contributed by atoms with E-state index in [2.05, 4.69) is 73.8 Å². The van der Waals surface area contributed by atoms with Gasteiger partial charge in [-0.15, -0.1) is 0 Å². The third kappa shape index (κ3) is 33.2. The number of allylic oxidation sites excluding steroid dienone is 11. The summed E-state index contributed by atoms with van der Waals surface area (Å²) in [6.45, 7) is 4.38. The standard InChI is InChI=1S/C39H67NO5S/c1-3-5-7-9-11-13-15-17-19-20-21-23-25-27-29-31-33-35-39(42)40-37(36-46(43,44)45)38(41)34-32-30-28-26-24-22-18-16-14-12-10-8-6-4-2/h5,7,11,13,17,19,21,23,27,29,32,34,37-38,41H,3-4,6,8-10,12,14-16,18,20,22,24-26,28,30-31,33,35-36H2,1-2H3,(H,40,42)(H,43,44,45)/b7-5-,13-11-,19-17-,23-21-,29-27-,34-32+. The van der Waals surface area contributed by atoms with Crippen LogP contribution in [0.3, 0.4) is 0 Å². The Morgan fingerprint density at radius 3 is 1.52 bits per heavy atom. The first-order valence-corrected chi connectivity index (χ1v) is 19.7. The Balaban J connectivity index is 4.14. The number of hydrogen-bond acceptors (Lipinski definition) is 4. The van der Waals surface area contributed by atoms with E-state index in [-0.39, 0.29) is 12.3 Å². The number of aliphatic hydroxyl groups is 1. The molecule has 0 aromatic carbocycles. The molecule has 0 rings (SSSR count). The number of amides is 1. The van der Waals surface area contributed by atoms with Gasteiger partial charge in [0.2, 0.25) is 5.91 Å². The van der Waals surface area contributed by atoms with Gasteiger partial charge in [0.05, 0.1) is 17.9 Å². The molecule has 0 heterocycles. The fourth-order valence-corrected chi connectivity index (χ4v) is 5.69. The van der Waals surface area contributed by atoms with Crippen molar-refractivity contribution in [1.82, 2.24) is 5.32 Å². The van der Waals surface area contributed by atoms with Gasteiger partial charge >= 0.3 is 0 Å². The molecule has 0 aliphatic rings. The largest absolute Gasteiger partial charge is 0.387 e. The number of aliphatic hydroxyl groups excluding tert-OH is 1. The van der Waals surface area contributed by atoms with Gasteiger partial charge in [-0.3, -0.25) is 9.35 Å². The second-order valence-electron chi connectivity index (χ2n) is 12.1. The summed E-state index contributed by atoms with van der Waals surface area (Å²) in [7, 11) is -4.36. The van der Waals surface area contributed by atoms with Gasteiger partial charge in [-0.05, 0) is 57.8 Å². The van der Waals surface area contributed by atoms with Crippen molar-refractivity contribution >= 4 is 16.0 Å². The van der Waals surface area contributed by atoms with Gasteiger partial charge in [-0.25, -0.2) is 0 Å². The number of nitrogens with one attached hydrogen (secondary N) is 1. The van der Waals surface area contributed by atoms with Gasteiger partial charge in [0.25, 0.3) is 10.1 Å². The Labute approximate surface area is 283 Å². The molecule has 0 aromatic heterocycles. The topological polar surface area (TPSA) is 104 Å². The Kier molecular flexibility index (Phi) is 31.1. The molecule has 0 spiro atoms. The molecule has 2 unspecified atom stereocenters. The molecule has 264 valence electrons. The average Bonchev–Trinajstić information content (AvgIpc) is 3.01. The third-order valence-electron chi connectivity index (χ3n) is 7.64. The first kappa shape index (κ1) is 43.8. The zero-order valence-corrected chi connectivity index (χ0v) is 30.0. The fraction of sp³-hybridized carbons (Fsp3) is 0.667. The van der Waals surface area contributed by atoms with Crippen LogP contribution in [0.4, 0.5) is 0 Å². The van der Waals surface area contributed by atoms with Crippen LogP contribution in [-0.2, 0) is 14.9 Å². The molecule has 0 fully saturated rings. The molecular weight excluding hydrogens is 594 g/mol. The maximum Gasteiger partial charge on any atom is 0.267 e. The normalized spacial score (nSPS) is 14.3. The Morgan fingerprint density at radius 1 is 0.609 bits per heavy atom. The van der Waals surface area contributed by atoms with Crippen molar-refractivity contribution in [1.29, 1.82) is 0 Å². The Bertz CT molecular complexity index is 994. The van der Waals surface area contributed by atoms with Crippen molar-refractivity contribution in [2.24, 2.45) is 0 Å². The first-order valence-electron chi connectivity index (χ1n) is 18.1. The monoisotopic (exact) mass is 661 g/mol. The SMILES string of the molecule is CC/C=C\C/C=C\C/C=C\C/C=C\C/C=C\CCCC(=O)NC(CS(=O)(=O)O)C(O)/C=C/CCCCCCCCCCCCCC. The summed E-state index contributed by atoms with van der Waals surface area (Å²) >= 11 is 0. The highest BCUT2D eigenvalue weighted by Gasteiger charge is 2.24. The molecule has 0 bridgehead atoms. The number of carbonyl (C=O) groups excluding carboxylic acids is 1. The number of unbranched alkanes of at least 4 members (excludes halogenated alkanes) is 13. The number of hydrogen-bond donors (Lipinski definition) is 3. The Hall–Kier alpha value is -2.22. The smallest absolute Gasteiger partial charge is 0.267 e. The minimum atomic E-state index is -4.36. The van der Waals surface area contributed by atoms with E-state index >= 15 is 0 Å². The second-order valence-corrected chi connectivity index (χ2v) is 13.6. The van der Waals surface area contributed by atoms with Crippen LogP contribution in [0, 0.1) is 0 Å². The lowest BCUT2D eigenvalue weighted by atomic mass is 10.0. The predicted molar refractivity (Wildman–Crippen MR) is 197 cm³/mol. The molecule has 7 heteroatoms. The summed E-state index contributed by atoms with van der Waals surface area (Å²) in [6.07, 6.45) is 46.0. The van der Waals surface area contributed by atoms with E-state index in [4.69, 9.17) is 0 Å². The van der Waals surface area contributed by atoms with Crippen LogP contribution < -0.4 is 5.32 Å². The highest BCUT2D eigenvalue weighted by molar-refractivity contribution is 7.85. The molecule has 0 saturated carbocycles. The van der Waals surface area contributed by atoms with Gasteiger partial charge in [0, 0.05) is 6.42 Å². The lowest BCUT2D eigenvalue weighted by molar-refractivity contribution is -0.122. The summed E-state index contributed by atoms with van der Waals surface area (Å²) < 4.78 is 32.3. The zero-order valence-electron chi connectivity index (χ0n) is 29.2. The van der Waals surface area contributed by atoms with Crippen molar-refractivity contribution in [2.45, 2.75) is 161 Å². The molecule has 3 N–H and O–H groups in total. The van der Waals surface area contributed by atoms with Gasteiger partial charge in [0.1, 0.15) is 0 Å². The highest BCUT2D eigenvalue weighted by Crippen LogP contribution is 2.13. The predicted octanol–water partition coefficient (Wildman–Crippen LogP) is 10.3. The number of carbonyl (C=O) groups is 1. The van der Waals surface area contributed by atoms with E-state index in [0.717, 1.165) is 57.8 Å². The van der Waals surface area contributed by atoms with E-state index in [9.17, 15) is 22.9 Å². The molecular formula is C39H67NO5S. The van der Waals surface area contributed by atoms with Crippen LogP contribution >= 0.6 is 0 Å². The lowest BCUT2D eigenvalue weighted by Gasteiger charge is -2.21. The van der Waals surface area contributed by atoms with Crippen molar-refractivity contribution in [3.8, 4) is 0 Å². The molecule has 46 heavy (non-hydrogen) atoms. The first-order chi connectivity index (χ1) is 22.3. The van der Waals surface area contributed by atoms with E-state index in [1.807, 2.05) is 12.2 Å². The molecule has 2 atom stereocenters. The third-order valence-corrected chi connectivity index (χ3v) is 8.42. The highest BCUT2D eigenvalue weighted by atomic mass is 32.2. The van der Waals surface area contributed by atoms with Gasteiger partial charge in [-0.2, -0.15) is 8.42 Å². The minimum absolute atomic E-state index is 0.214. The van der Waals surface area contributed by atoms with Crippen molar-refractivity contribution in [3.63, 3.8) is 0 Å². The summed E-state index contributed by atoms with van der Waals surface area (Å²) in [5, 5.41) is 13.1. The van der Waals surface area contributed by atoms with Crippen LogP contribution in [-0.4, -0.2) is 41.9 Å². The molecule has 1 amide bonds. The number of rotatable bonds is 31. The Morgan fingerprint density at radius 2 is 1.04 bits per heavy atom. The van der Waals surface area contributed by atoms with Crippen LogP contribution in [0.25, 0.3) is 0 Å². The van der Waals surface area contributed by atoms with Crippen LogP contribution in [0.2, 0.25) is 0 Å². The maximum atomic E-state index is 12.4. The van der Waals surface area contributed by atoms with E-state index < -0.39 is 28.0 Å². The molecule has 0 radical (unpaired) electrons. The molecule has 0 aliphatic carbocycles. The van der Waals surface area contributed by atoms with Crippen molar-refractivity contribution < 1.29 is 22.9 Å². The summed E-state index contributed by atoms with van der Waals surface area (Å²) in [6, 6.07) is -1.09. The van der Waals surface area contributed by atoms with Crippen molar-refractivity contribution in [3.05, 3.63) is 72.9 Å². The minimum Gasteiger partial charge on any atom is -0.387 e. The lowest BCUT2D eigenvalue weighted by Crippen LogP contribution is -2.46.